The van der Waals surface area contributed by atoms with Crippen LogP contribution in [0.3, 0.4) is 0 Å². The molecular weight excluding hydrogens is 208 g/mol. The van der Waals surface area contributed by atoms with E-state index in [-0.39, 0.29) is 11.2 Å². The zero-order valence-electron chi connectivity index (χ0n) is 9.10. The van der Waals surface area contributed by atoms with Crippen molar-refractivity contribution < 1.29 is 8.98 Å². The first-order valence-corrected chi connectivity index (χ1v) is 5.95. The zero-order chi connectivity index (χ0) is 11.1. The highest BCUT2D eigenvalue weighted by molar-refractivity contribution is 7.95. The van der Waals surface area contributed by atoms with Gasteiger partial charge in [0.2, 0.25) is 0 Å². The lowest BCUT2D eigenvalue weighted by atomic mass is 10.2. The van der Waals surface area contributed by atoms with Gasteiger partial charge < -0.3 is 4.18 Å². The molecule has 0 N–H and O–H groups in total. The van der Waals surface area contributed by atoms with Crippen molar-refractivity contribution in [2.24, 2.45) is 0 Å². The van der Waals surface area contributed by atoms with Crippen molar-refractivity contribution in [3.63, 3.8) is 0 Å². The van der Waals surface area contributed by atoms with Gasteiger partial charge in [0.05, 0.1) is 17.3 Å². The van der Waals surface area contributed by atoms with Crippen LogP contribution in [0.25, 0.3) is 0 Å². The van der Waals surface area contributed by atoms with Crippen LogP contribution in [0, 0.1) is 0 Å². The lowest BCUT2D eigenvalue weighted by Gasteiger charge is -2.09. The van der Waals surface area contributed by atoms with Gasteiger partial charge in [-0.05, 0) is 18.9 Å². The molecule has 0 heterocycles. The molecule has 0 saturated carbocycles. The standard InChI is InChI=1S/C12H16O2S/c1-3-7-12(13)14-15-10(2)11-8-5-4-6-9-11/h4-6,8-10H,3,7H2,1-2H3. The number of rotatable bonds is 5. The Kier molecular flexibility index (Phi) is 5.26. The van der Waals surface area contributed by atoms with Crippen molar-refractivity contribution in [3.05, 3.63) is 35.9 Å². The SMILES string of the molecule is CCCC(=O)OSC(C)c1ccccc1. The number of carbonyl (C=O) groups is 1. The maximum Gasteiger partial charge on any atom is 0.317 e. The fourth-order valence-electron chi connectivity index (χ4n) is 1.15. The third kappa shape index (κ3) is 4.38. The Bertz CT molecular complexity index is 298. The third-order valence-corrected chi connectivity index (χ3v) is 2.85. The van der Waals surface area contributed by atoms with E-state index in [1.54, 1.807) is 0 Å². The average molecular weight is 224 g/mol. The minimum absolute atomic E-state index is 0.134. The lowest BCUT2D eigenvalue weighted by Crippen LogP contribution is -1.99. The molecule has 3 heteroatoms. The third-order valence-electron chi connectivity index (χ3n) is 2.01. The van der Waals surface area contributed by atoms with Gasteiger partial charge in [-0.1, -0.05) is 37.3 Å². The second-order valence-electron chi connectivity index (χ2n) is 3.35. The molecule has 15 heavy (non-hydrogen) atoms. The van der Waals surface area contributed by atoms with Crippen LogP contribution in [0.4, 0.5) is 0 Å². The smallest absolute Gasteiger partial charge is 0.317 e. The molecule has 0 fully saturated rings. The van der Waals surface area contributed by atoms with Crippen LogP contribution >= 0.6 is 12.0 Å². The molecule has 0 bridgehead atoms. The van der Waals surface area contributed by atoms with E-state index in [1.807, 2.05) is 44.2 Å². The quantitative estimate of drug-likeness (QED) is 0.713. The summed E-state index contributed by atoms with van der Waals surface area (Å²) >= 11 is 1.23. The van der Waals surface area contributed by atoms with Gasteiger partial charge in [0.1, 0.15) is 0 Å². The molecule has 0 saturated heterocycles. The summed E-state index contributed by atoms with van der Waals surface area (Å²) in [6, 6.07) is 10.0. The molecule has 1 atom stereocenters. The monoisotopic (exact) mass is 224 g/mol. The van der Waals surface area contributed by atoms with E-state index in [2.05, 4.69) is 0 Å². The fraction of sp³-hybridized carbons (Fsp3) is 0.417. The van der Waals surface area contributed by atoms with Gasteiger partial charge in [0.15, 0.2) is 0 Å². The molecule has 0 aliphatic heterocycles. The second kappa shape index (κ2) is 6.51. The Morgan fingerprint density at radius 3 is 2.67 bits per heavy atom. The Morgan fingerprint density at radius 1 is 1.40 bits per heavy atom. The molecule has 0 aliphatic carbocycles. The molecule has 2 nitrogen and oxygen atoms in total. The second-order valence-corrected chi connectivity index (χ2v) is 4.42. The summed E-state index contributed by atoms with van der Waals surface area (Å²) < 4.78 is 5.08. The summed E-state index contributed by atoms with van der Waals surface area (Å²) in [5, 5.41) is 0.187. The Balaban J connectivity index is 2.37. The maximum atomic E-state index is 11.1. The van der Waals surface area contributed by atoms with Crippen LogP contribution in [0.15, 0.2) is 30.3 Å². The van der Waals surface area contributed by atoms with Crippen molar-refractivity contribution in [2.45, 2.75) is 31.9 Å². The number of carbonyl (C=O) groups excluding carboxylic acids is 1. The summed E-state index contributed by atoms with van der Waals surface area (Å²) in [6.45, 7) is 3.99. The van der Waals surface area contributed by atoms with E-state index in [0.717, 1.165) is 6.42 Å². The number of benzene rings is 1. The first-order chi connectivity index (χ1) is 7.24. The summed E-state index contributed by atoms with van der Waals surface area (Å²) in [5.41, 5.74) is 1.17. The van der Waals surface area contributed by atoms with Gasteiger partial charge >= 0.3 is 5.97 Å². The molecule has 0 amide bonds. The molecule has 0 spiro atoms. The molecule has 0 radical (unpaired) electrons. The van der Waals surface area contributed by atoms with Crippen molar-refractivity contribution >= 4 is 18.0 Å². The largest absolute Gasteiger partial charge is 0.391 e. The average Bonchev–Trinajstić information content (AvgIpc) is 2.27. The summed E-state index contributed by atoms with van der Waals surface area (Å²) in [6.07, 6.45) is 1.33. The number of hydrogen-bond acceptors (Lipinski definition) is 3. The molecule has 1 aromatic carbocycles. The van der Waals surface area contributed by atoms with Gasteiger partial charge in [-0.15, -0.1) is 0 Å². The fourth-order valence-corrected chi connectivity index (χ4v) is 1.75. The summed E-state index contributed by atoms with van der Waals surface area (Å²) in [4.78, 5) is 11.1. The minimum atomic E-state index is -0.134. The predicted molar refractivity (Wildman–Crippen MR) is 63.4 cm³/mol. The van der Waals surface area contributed by atoms with Gasteiger partial charge in [-0.2, -0.15) is 0 Å². The predicted octanol–water partition coefficient (Wildman–Crippen LogP) is 3.74. The van der Waals surface area contributed by atoms with Crippen molar-refractivity contribution in [1.29, 1.82) is 0 Å². The summed E-state index contributed by atoms with van der Waals surface area (Å²) in [5.74, 6) is -0.134. The summed E-state index contributed by atoms with van der Waals surface area (Å²) in [7, 11) is 0. The molecule has 1 aromatic rings. The normalized spacial score (nSPS) is 12.1. The Labute approximate surface area is 95.2 Å². The van der Waals surface area contributed by atoms with E-state index in [1.165, 1.54) is 17.6 Å². The zero-order valence-corrected chi connectivity index (χ0v) is 9.92. The van der Waals surface area contributed by atoms with Gasteiger partial charge in [0, 0.05) is 6.42 Å². The number of hydrogen-bond donors (Lipinski definition) is 0. The highest BCUT2D eigenvalue weighted by Gasteiger charge is 2.09. The Morgan fingerprint density at radius 2 is 2.07 bits per heavy atom. The first-order valence-electron chi connectivity index (χ1n) is 5.15. The first kappa shape index (κ1) is 12.1. The lowest BCUT2D eigenvalue weighted by molar-refractivity contribution is -0.133. The molecule has 0 aromatic heterocycles. The van der Waals surface area contributed by atoms with Gasteiger partial charge in [-0.3, -0.25) is 4.79 Å². The van der Waals surface area contributed by atoms with Crippen LogP contribution in [0.2, 0.25) is 0 Å². The van der Waals surface area contributed by atoms with Crippen LogP contribution < -0.4 is 0 Å². The molecule has 82 valence electrons. The van der Waals surface area contributed by atoms with E-state index in [0.29, 0.717) is 6.42 Å². The van der Waals surface area contributed by atoms with E-state index >= 15 is 0 Å². The van der Waals surface area contributed by atoms with E-state index in [9.17, 15) is 4.79 Å². The minimum Gasteiger partial charge on any atom is -0.391 e. The Hall–Kier alpha value is -0.960. The molecule has 1 rings (SSSR count). The van der Waals surface area contributed by atoms with Crippen molar-refractivity contribution in [1.82, 2.24) is 0 Å². The maximum absolute atomic E-state index is 11.1. The van der Waals surface area contributed by atoms with Gasteiger partial charge in [0.25, 0.3) is 0 Å². The van der Waals surface area contributed by atoms with Crippen LogP contribution in [0.1, 0.15) is 37.5 Å². The van der Waals surface area contributed by atoms with Crippen LogP contribution in [-0.2, 0) is 8.98 Å². The van der Waals surface area contributed by atoms with Crippen LogP contribution in [-0.4, -0.2) is 5.97 Å². The topological polar surface area (TPSA) is 26.3 Å². The molecular formula is C12H16O2S. The van der Waals surface area contributed by atoms with E-state index in [4.69, 9.17) is 4.18 Å². The van der Waals surface area contributed by atoms with Crippen molar-refractivity contribution in [3.8, 4) is 0 Å². The highest BCUT2D eigenvalue weighted by atomic mass is 32.2. The molecule has 1 unspecified atom stereocenters. The van der Waals surface area contributed by atoms with Gasteiger partial charge in [-0.25, -0.2) is 0 Å². The molecule has 0 aliphatic rings. The van der Waals surface area contributed by atoms with Crippen molar-refractivity contribution in [2.75, 3.05) is 0 Å². The van der Waals surface area contributed by atoms with E-state index < -0.39 is 0 Å². The van der Waals surface area contributed by atoms with Crippen LogP contribution in [0.5, 0.6) is 0 Å². The highest BCUT2D eigenvalue weighted by Crippen LogP contribution is 2.28.